The van der Waals surface area contributed by atoms with Gasteiger partial charge in [0.2, 0.25) is 5.78 Å². The standard InChI is InChI=1S/C21H16N4O5/c1-2-24-16-9-4-3-8-14(16)19(26)17(21(24)28)18-15(20(27)23-22-18)11-12-6-5-7-13(10-12)25(29)30/h3-11,22H,2H2,1H3,(H,23,27). The Labute approximate surface area is 169 Å². The molecule has 1 aliphatic rings. The SMILES string of the molecule is CCN1C(=O)C(=c2[nH][nH]c(=O)c2=Cc2cccc([N+](=O)[O-])c2)C(=O)c2ccccc21. The van der Waals surface area contributed by atoms with Crippen LogP contribution in [0.25, 0.3) is 11.6 Å². The third-order valence-electron chi connectivity index (χ3n) is 4.90. The zero-order chi connectivity index (χ0) is 21.4. The number of hydrogen-bond acceptors (Lipinski definition) is 5. The van der Waals surface area contributed by atoms with Gasteiger partial charge in [0.15, 0.2) is 0 Å². The van der Waals surface area contributed by atoms with E-state index >= 15 is 0 Å². The van der Waals surface area contributed by atoms with Gasteiger partial charge >= 0.3 is 0 Å². The fourth-order valence-electron chi connectivity index (χ4n) is 3.51. The molecule has 0 spiro atoms. The summed E-state index contributed by atoms with van der Waals surface area (Å²) in [7, 11) is 0. The van der Waals surface area contributed by atoms with E-state index in [1.165, 1.54) is 29.2 Å². The lowest BCUT2D eigenvalue weighted by molar-refractivity contribution is -0.384. The number of hydrogen-bond donors (Lipinski definition) is 2. The maximum absolute atomic E-state index is 13.1. The van der Waals surface area contributed by atoms with Gasteiger partial charge in [0.05, 0.1) is 21.2 Å². The van der Waals surface area contributed by atoms with Crippen LogP contribution in [0.3, 0.4) is 0 Å². The molecule has 2 heterocycles. The van der Waals surface area contributed by atoms with Crippen molar-refractivity contribution in [3.63, 3.8) is 0 Å². The van der Waals surface area contributed by atoms with E-state index in [9.17, 15) is 24.5 Å². The average molecular weight is 404 g/mol. The molecule has 0 bridgehead atoms. The molecule has 0 radical (unpaired) electrons. The second kappa shape index (κ2) is 7.28. The van der Waals surface area contributed by atoms with Crippen molar-refractivity contribution >= 4 is 34.7 Å². The highest BCUT2D eigenvalue weighted by Gasteiger charge is 2.35. The van der Waals surface area contributed by atoms with Crippen LogP contribution in [0.2, 0.25) is 0 Å². The second-order valence-electron chi connectivity index (χ2n) is 6.63. The first-order valence-electron chi connectivity index (χ1n) is 9.15. The van der Waals surface area contributed by atoms with Gasteiger partial charge in [-0.05, 0) is 30.7 Å². The van der Waals surface area contributed by atoms with Crippen LogP contribution in [0.4, 0.5) is 11.4 Å². The number of nitro groups is 1. The van der Waals surface area contributed by atoms with Gasteiger partial charge in [0, 0.05) is 24.2 Å². The van der Waals surface area contributed by atoms with Crippen LogP contribution < -0.4 is 21.0 Å². The number of benzene rings is 2. The van der Waals surface area contributed by atoms with Gasteiger partial charge in [0.1, 0.15) is 5.57 Å². The predicted octanol–water partition coefficient (Wildman–Crippen LogP) is 0.840. The average Bonchev–Trinajstić information content (AvgIpc) is 3.09. The number of carbonyl (C=O) groups is 2. The zero-order valence-corrected chi connectivity index (χ0v) is 15.8. The Morgan fingerprint density at radius 3 is 2.57 bits per heavy atom. The molecule has 0 unspecified atom stereocenters. The molecule has 2 N–H and O–H groups in total. The van der Waals surface area contributed by atoms with E-state index in [0.717, 1.165) is 0 Å². The Balaban J connectivity index is 2.02. The number of Topliss-reactive ketones (excluding diaryl/α,β-unsaturated/α-hetero) is 1. The molecule has 3 aromatic rings. The molecular weight excluding hydrogens is 388 g/mol. The number of carbonyl (C=O) groups excluding carboxylic acids is 2. The van der Waals surface area contributed by atoms with E-state index in [2.05, 4.69) is 10.2 Å². The summed E-state index contributed by atoms with van der Waals surface area (Å²) in [6.07, 6.45) is 1.40. The normalized spacial score (nSPS) is 16.0. The maximum Gasteiger partial charge on any atom is 0.271 e. The quantitative estimate of drug-likeness (QED) is 0.494. The van der Waals surface area contributed by atoms with Gasteiger partial charge in [-0.2, -0.15) is 0 Å². The molecule has 1 aromatic heterocycles. The third kappa shape index (κ3) is 3.02. The Morgan fingerprint density at radius 2 is 1.83 bits per heavy atom. The van der Waals surface area contributed by atoms with Crippen molar-refractivity contribution in [1.29, 1.82) is 0 Å². The van der Waals surface area contributed by atoms with Gasteiger partial charge in [-0.15, -0.1) is 0 Å². The summed E-state index contributed by atoms with van der Waals surface area (Å²) in [5.41, 5.74) is 0.413. The Morgan fingerprint density at radius 1 is 1.07 bits per heavy atom. The van der Waals surface area contributed by atoms with Gasteiger partial charge < -0.3 is 4.90 Å². The molecule has 1 aliphatic heterocycles. The molecule has 4 rings (SSSR count). The molecule has 9 nitrogen and oxygen atoms in total. The summed E-state index contributed by atoms with van der Waals surface area (Å²) in [6, 6.07) is 12.5. The summed E-state index contributed by atoms with van der Waals surface area (Å²) in [5, 5.41) is 16.2. The van der Waals surface area contributed by atoms with E-state index in [1.807, 2.05) is 0 Å². The Bertz CT molecular complexity index is 1380. The second-order valence-corrected chi connectivity index (χ2v) is 6.63. The molecule has 0 atom stereocenters. The number of aromatic nitrogens is 2. The number of ketones is 1. The lowest BCUT2D eigenvalue weighted by atomic mass is 9.94. The van der Waals surface area contributed by atoms with Crippen molar-refractivity contribution in [2.45, 2.75) is 6.92 Å². The largest absolute Gasteiger partial charge is 0.308 e. The smallest absolute Gasteiger partial charge is 0.271 e. The zero-order valence-electron chi connectivity index (χ0n) is 15.8. The molecule has 0 aliphatic carbocycles. The molecular formula is C21H16N4O5. The lowest BCUT2D eigenvalue weighted by Gasteiger charge is -2.28. The molecule has 150 valence electrons. The molecule has 0 fully saturated rings. The van der Waals surface area contributed by atoms with E-state index in [0.29, 0.717) is 23.4 Å². The topological polar surface area (TPSA) is 129 Å². The van der Waals surface area contributed by atoms with Gasteiger partial charge in [0.25, 0.3) is 17.2 Å². The number of fused-ring (bicyclic) bond motifs is 1. The Kier molecular flexibility index (Phi) is 4.63. The highest BCUT2D eigenvalue weighted by molar-refractivity contribution is 6.51. The molecule has 0 saturated heterocycles. The lowest BCUT2D eigenvalue weighted by Crippen LogP contribution is -2.45. The minimum atomic E-state index is -0.550. The summed E-state index contributed by atoms with van der Waals surface area (Å²) in [6.45, 7) is 2.13. The molecule has 30 heavy (non-hydrogen) atoms. The number of para-hydroxylation sites is 1. The number of non-ortho nitro benzene ring substituents is 1. The van der Waals surface area contributed by atoms with E-state index in [4.69, 9.17) is 0 Å². The van der Waals surface area contributed by atoms with Crippen molar-refractivity contribution in [3.8, 4) is 0 Å². The summed E-state index contributed by atoms with van der Waals surface area (Å²) < 4.78 is 0. The monoisotopic (exact) mass is 404 g/mol. The first kappa shape index (κ1) is 19.1. The number of aromatic amines is 2. The number of rotatable bonds is 3. The molecule has 1 amide bonds. The fraction of sp³-hybridized carbons (Fsp3) is 0.0952. The number of H-pyrrole nitrogens is 2. The summed E-state index contributed by atoms with van der Waals surface area (Å²) in [5.74, 6) is -1.02. The number of nitrogens with one attached hydrogen (secondary N) is 2. The molecule has 0 saturated carbocycles. The first-order valence-corrected chi connectivity index (χ1v) is 9.15. The summed E-state index contributed by atoms with van der Waals surface area (Å²) in [4.78, 5) is 50.6. The molecule has 2 aromatic carbocycles. The maximum atomic E-state index is 13.1. The van der Waals surface area contributed by atoms with Gasteiger partial charge in [-0.1, -0.05) is 24.3 Å². The van der Waals surface area contributed by atoms with Crippen molar-refractivity contribution in [2.75, 3.05) is 11.4 Å². The third-order valence-corrected chi connectivity index (χ3v) is 4.90. The number of anilines is 1. The summed E-state index contributed by atoms with van der Waals surface area (Å²) >= 11 is 0. The van der Waals surface area contributed by atoms with E-state index in [1.54, 1.807) is 37.3 Å². The number of nitro benzene ring substituents is 1. The van der Waals surface area contributed by atoms with Crippen LogP contribution >= 0.6 is 0 Å². The minimum absolute atomic E-state index is 0.0441. The van der Waals surface area contributed by atoms with Crippen molar-refractivity contribution < 1.29 is 14.5 Å². The van der Waals surface area contributed by atoms with Crippen molar-refractivity contribution in [2.24, 2.45) is 0 Å². The van der Waals surface area contributed by atoms with Crippen LogP contribution in [-0.2, 0) is 4.79 Å². The predicted molar refractivity (Wildman–Crippen MR) is 110 cm³/mol. The van der Waals surface area contributed by atoms with Crippen LogP contribution in [0.5, 0.6) is 0 Å². The fourth-order valence-corrected chi connectivity index (χ4v) is 3.51. The van der Waals surface area contributed by atoms with Crippen LogP contribution in [-0.4, -0.2) is 33.4 Å². The van der Waals surface area contributed by atoms with E-state index in [-0.39, 0.29) is 21.8 Å². The Hall–Kier alpha value is -4.27. The van der Waals surface area contributed by atoms with E-state index < -0.39 is 22.2 Å². The number of nitrogens with zero attached hydrogens (tertiary/aromatic N) is 2. The van der Waals surface area contributed by atoms with Crippen LogP contribution in [0, 0.1) is 10.1 Å². The molecule has 9 heteroatoms. The minimum Gasteiger partial charge on any atom is -0.308 e. The van der Waals surface area contributed by atoms with Gasteiger partial charge in [-0.3, -0.25) is 34.7 Å². The number of amides is 1. The van der Waals surface area contributed by atoms with Gasteiger partial charge in [-0.25, -0.2) is 0 Å². The highest BCUT2D eigenvalue weighted by Crippen LogP contribution is 2.29. The first-order chi connectivity index (χ1) is 14.4. The van der Waals surface area contributed by atoms with Crippen LogP contribution in [0.15, 0.2) is 53.3 Å². The van der Waals surface area contributed by atoms with Crippen molar-refractivity contribution in [1.82, 2.24) is 10.2 Å². The van der Waals surface area contributed by atoms with Crippen molar-refractivity contribution in [3.05, 3.63) is 90.7 Å². The highest BCUT2D eigenvalue weighted by atomic mass is 16.6. The van der Waals surface area contributed by atoms with Crippen LogP contribution in [0.1, 0.15) is 22.8 Å².